The second-order valence-corrected chi connectivity index (χ2v) is 3.99. The first kappa shape index (κ1) is 14.1. The fourth-order valence-electron chi connectivity index (χ4n) is 1.70. The van der Waals surface area contributed by atoms with Crippen LogP contribution in [0.1, 0.15) is 5.56 Å². The second-order valence-electron chi connectivity index (χ2n) is 3.99. The smallest absolute Gasteiger partial charge is 0.416 e. The Morgan fingerprint density at radius 1 is 1.15 bits per heavy atom. The highest BCUT2D eigenvalue weighted by molar-refractivity contribution is 5.61. The van der Waals surface area contributed by atoms with Gasteiger partial charge < -0.3 is 9.72 Å². The van der Waals surface area contributed by atoms with Gasteiger partial charge in [0.1, 0.15) is 0 Å². The van der Waals surface area contributed by atoms with Crippen LogP contribution in [0.15, 0.2) is 35.1 Å². The average molecular weight is 287 g/mol. The molecule has 0 spiro atoms. The summed E-state index contributed by atoms with van der Waals surface area (Å²) in [7, 11) is 1.27. The summed E-state index contributed by atoms with van der Waals surface area (Å²) < 4.78 is 56.1. The van der Waals surface area contributed by atoms with E-state index in [0.29, 0.717) is 6.07 Å². The highest BCUT2D eigenvalue weighted by Crippen LogP contribution is 2.31. The molecule has 2 rings (SSSR count). The van der Waals surface area contributed by atoms with Gasteiger partial charge in [-0.1, -0.05) is 0 Å². The molecule has 0 amide bonds. The van der Waals surface area contributed by atoms with Crippen LogP contribution in [0.25, 0.3) is 11.3 Å². The van der Waals surface area contributed by atoms with E-state index in [1.165, 1.54) is 19.2 Å². The second kappa shape index (κ2) is 4.99. The molecule has 106 valence electrons. The molecule has 20 heavy (non-hydrogen) atoms. The van der Waals surface area contributed by atoms with Crippen LogP contribution in [0, 0.1) is 5.82 Å². The predicted molar refractivity (Wildman–Crippen MR) is 64.0 cm³/mol. The Morgan fingerprint density at radius 3 is 2.40 bits per heavy atom. The molecular formula is C13H9F4NO2. The number of rotatable bonds is 2. The molecule has 0 aliphatic heterocycles. The molecule has 1 N–H and O–H groups in total. The largest absolute Gasteiger partial charge is 0.494 e. The van der Waals surface area contributed by atoms with Gasteiger partial charge in [0.15, 0.2) is 11.6 Å². The fraction of sp³-hybridized carbons (Fsp3) is 0.154. The highest BCUT2D eigenvalue weighted by atomic mass is 19.4. The van der Waals surface area contributed by atoms with Crippen molar-refractivity contribution in [1.29, 1.82) is 0 Å². The number of alkyl halides is 3. The number of H-pyrrole nitrogens is 1. The minimum atomic E-state index is -4.64. The van der Waals surface area contributed by atoms with E-state index in [-0.39, 0.29) is 17.0 Å². The first-order valence-corrected chi connectivity index (χ1v) is 5.47. The molecule has 0 aliphatic carbocycles. The Hall–Kier alpha value is -2.31. The molecule has 3 nitrogen and oxygen atoms in total. The maximum absolute atomic E-state index is 13.5. The van der Waals surface area contributed by atoms with Crippen molar-refractivity contribution in [2.24, 2.45) is 0 Å². The van der Waals surface area contributed by atoms with Crippen molar-refractivity contribution in [2.75, 3.05) is 7.11 Å². The summed E-state index contributed by atoms with van der Waals surface area (Å²) in [6, 6.07) is 4.81. The molecule has 1 aromatic heterocycles. The molecule has 0 atom stereocenters. The van der Waals surface area contributed by atoms with Gasteiger partial charge in [0.2, 0.25) is 5.56 Å². The first-order valence-electron chi connectivity index (χ1n) is 5.47. The molecule has 0 saturated carbocycles. The number of ether oxygens (including phenoxy) is 1. The SMILES string of the molecule is COc1ccc(-c2cc(C(F)(F)F)cc(=O)[nH]2)cc1F. The van der Waals surface area contributed by atoms with Crippen molar-refractivity contribution >= 4 is 0 Å². The van der Waals surface area contributed by atoms with Crippen LogP contribution >= 0.6 is 0 Å². The topological polar surface area (TPSA) is 42.1 Å². The average Bonchev–Trinajstić information content (AvgIpc) is 2.37. The van der Waals surface area contributed by atoms with Crippen LogP contribution in [0.5, 0.6) is 5.75 Å². The third kappa shape index (κ3) is 2.81. The monoisotopic (exact) mass is 287 g/mol. The molecule has 0 fully saturated rings. The van der Waals surface area contributed by atoms with Gasteiger partial charge in [-0.25, -0.2) is 4.39 Å². The zero-order valence-electron chi connectivity index (χ0n) is 10.2. The Labute approximate surface area is 110 Å². The van der Waals surface area contributed by atoms with Crippen LogP contribution in [0.4, 0.5) is 17.6 Å². The summed E-state index contributed by atoms with van der Waals surface area (Å²) in [6.07, 6.45) is -4.64. The Morgan fingerprint density at radius 2 is 1.85 bits per heavy atom. The van der Waals surface area contributed by atoms with Crippen molar-refractivity contribution < 1.29 is 22.3 Å². The maximum Gasteiger partial charge on any atom is 0.416 e. The van der Waals surface area contributed by atoms with Crippen LogP contribution in [-0.4, -0.2) is 12.1 Å². The molecule has 0 bridgehead atoms. The summed E-state index contributed by atoms with van der Waals surface area (Å²) >= 11 is 0. The lowest BCUT2D eigenvalue weighted by Gasteiger charge is -2.09. The number of hydrogen-bond donors (Lipinski definition) is 1. The van der Waals surface area contributed by atoms with Crippen molar-refractivity contribution in [3.05, 3.63) is 52.1 Å². The first-order chi connectivity index (χ1) is 9.31. The van der Waals surface area contributed by atoms with Crippen LogP contribution < -0.4 is 10.3 Å². The van der Waals surface area contributed by atoms with Crippen LogP contribution in [-0.2, 0) is 6.18 Å². The van der Waals surface area contributed by atoms with Gasteiger partial charge in [-0.05, 0) is 24.3 Å². The number of benzene rings is 1. The number of halogens is 4. The third-order valence-electron chi connectivity index (χ3n) is 2.63. The van der Waals surface area contributed by atoms with E-state index in [2.05, 4.69) is 4.98 Å². The Kier molecular flexibility index (Phi) is 3.52. The zero-order valence-corrected chi connectivity index (χ0v) is 10.2. The number of methoxy groups -OCH3 is 1. The molecule has 0 aliphatic rings. The van der Waals surface area contributed by atoms with Crippen LogP contribution in [0.3, 0.4) is 0 Å². The van der Waals surface area contributed by atoms with Gasteiger partial charge >= 0.3 is 6.18 Å². The van der Waals surface area contributed by atoms with Crippen molar-refractivity contribution in [1.82, 2.24) is 4.98 Å². The predicted octanol–water partition coefficient (Wildman–Crippen LogP) is 3.21. The van der Waals surface area contributed by atoms with Gasteiger partial charge in [-0.15, -0.1) is 0 Å². The van der Waals surface area contributed by atoms with E-state index < -0.39 is 23.1 Å². The molecule has 0 saturated heterocycles. The standard InChI is InChI=1S/C13H9F4NO2/c1-20-11-3-2-7(4-9(11)14)10-5-8(13(15,16)17)6-12(19)18-10/h2-6H,1H3,(H,18,19). The van der Waals surface area contributed by atoms with E-state index in [1.807, 2.05) is 0 Å². The summed E-state index contributed by atoms with van der Waals surface area (Å²) in [6.45, 7) is 0. The van der Waals surface area contributed by atoms with E-state index >= 15 is 0 Å². The number of aromatic nitrogens is 1. The molecule has 2 aromatic rings. The van der Waals surface area contributed by atoms with Gasteiger partial charge in [0, 0.05) is 17.3 Å². The van der Waals surface area contributed by atoms with Gasteiger partial charge in [0.05, 0.1) is 12.7 Å². The molecule has 1 heterocycles. The lowest BCUT2D eigenvalue weighted by molar-refractivity contribution is -0.137. The van der Waals surface area contributed by atoms with E-state index in [4.69, 9.17) is 4.74 Å². The molecule has 7 heteroatoms. The lowest BCUT2D eigenvalue weighted by atomic mass is 10.1. The van der Waals surface area contributed by atoms with Gasteiger partial charge in [0.25, 0.3) is 0 Å². The van der Waals surface area contributed by atoms with Gasteiger partial charge in [-0.3, -0.25) is 4.79 Å². The Bertz CT molecular complexity index is 692. The van der Waals surface area contributed by atoms with E-state index in [0.717, 1.165) is 12.1 Å². The normalized spacial score (nSPS) is 11.4. The number of nitrogens with one attached hydrogen (secondary N) is 1. The number of pyridine rings is 1. The van der Waals surface area contributed by atoms with Crippen LogP contribution in [0.2, 0.25) is 0 Å². The quantitative estimate of drug-likeness (QED) is 0.862. The lowest BCUT2D eigenvalue weighted by Crippen LogP contribution is -2.13. The van der Waals surface area contributed by atoms with Crippen molar-refractivity contribution in [3.8, 4) is 17.0 Å². The molecule has 0 unspecified atom stereocenters. The molecule has 0 radical (unpaired) electrons. The highest BCUT2D eigenvalue weighted by Gasteiger charge is 2.31. The molecular weight excluding hydrogens is 278 g/mol. The minimum Gasteiger partial charge on any atom is -0.494 e. The van der Waals surface area contributed by atoms with Crippen molar-refractivity contribution in [3.63, 3.8) is 0 Å². The van der Waals surface area contributed by atoms with Gasteiger partial charge in [-0.2, -0.15) is 13.2 Å². The van der Waals surface area contributed by atoms with E-state index in [9.17, 15) is 22.4 Å². The maximum atomic E-state index is 13.5. The number of aromatic amines is 1. The fourth-order valence-corrected chi connectivity index (χ4v) is 1.70. The summed E-state index contributed by atoms with van der Waals surface area (Å²) in [5.74, 6) is -0.772. The van der Waals surface area contributed by atoms with E-state index in [1.54, 1.807) is 0 Å². The third-order valence-corrected chi connectivity index (χ3v) is 2.63. The van der Waals surface area contributed by atoms with Crippen molar-refractivity contribution in [2.45, 2.75) is 6.18 Å². The number of hydrogen-bond acceptors (Lipinski definition) is 2. The zero-order chi connectivity index (χ0) is 14.9. The minimum absolute atomic E-state index is 0.0388. The molecule has 1 aromatic carbocycles. The Balaban J connectivity index is 2.56. The summed E-state index contributed by atoms with van der Waals surface area (Å²) in [4.78, 5) is 13.5. The summed E-state index contributed by atoms with van der Waals surface area (Å²) in [5, 5.41) is 0. The summed E-state index contributed by atoms with van der Waals surface area (Å²) in [5.41, 5.74) is -2.00.